The highest BCUT2D eigenvalue weighted by atomic mass is 35.5. The summed E-state index contributed by atoms with van der Waals surface area (Å²) in [6.07, 6.45) is 4.01. The molecule has 252 valence electrons. The maximum Gasteiger partial charge on any atom is 0.217 e. The van der Waals surface area contributed by atoms with Crippen LogP contribution in [0.25, 0.3) is 0 Å². The maximum absolute atomic E-state index is 6.59. The molecule has 1 aromatic heterocycles. The average Bonchev–Trinajstić information content (AvgIpc) is 3.79. The summed E-state index contributed by atoms with van der Waals surface area (Å²) in [7, 11) is 0. The zero-order valence-corrected chi connectivity index (χ0v) is 29.2. The van der Waals surface area contributed by atoms with Gasteiger partial charge in [0.15, 0.2) is 5.17 Å². The molecule has 10 nitrogen and oxygen atoms in total. The van der Waals surface area contributed by atoms with Gasteiger partial charge in [-0.2, -0.15) is 5.10 Å². The van der Waals surface area contributed by atoms with Gasteiger partial charge in [0.2, 0.25) is 5.79 Å². The van der Waals surface area contributed by atoms with Crippen LogP contribution in [0.15, 0.2) is 84.4 Å². The molecule has 13 heteroatoms. The van der Waals surface area contributed by atoms with E-state index in [9.17, 15) is 0 Å². The highest BCUT2D eigenvalue weighted by molar-refractivity contribution is 8.13. The lowest BCUT2D eigenvalue weighted by Gasteiger charge is -2.37. The van der Waals surface area contributed by atoms with Crippen molar-refractivity contribution in [1.29, 1.82) is 0 Å². The van der Waals surface area contributed by atoms with Crippen molar-refractivity contribution in [3.8, 4) is 5.75 Å². The molecule has 0 N–H and O–H groups in total. The van der Waals surface area contributed by atoms with Crippen LogP contribution in [0, 0.1) is 0 Å². The van der Waals surface area contributed by atoms with E-state index in [4.69, 9.17) is 42.4 Å². The summed E-state index contributed by atoms with van der Waals surface area (Å²) < 4.78 is 20.6. The molecule has 0 spiro atoms. The van der Waals surface area contributed by atoms with Crippen molar-refractivity contribution in [2.45, 2.75) is 31.8 Å². The lowest BCUT2D eigenvalue weighted by atomic mass is 10.1. The van der Waals surface area contributed by atoms with Gasteiger partial charge in [0.1, 0.15) is 37.7 Å². The van der Waals surface area contributed by atoms with Gasteiger partial charge in [-0.3, -0.25) is 0 Å². The minimum atomic E-state index is -1.14. The predicted octanol–water partition coefficient (Wildman–Crippen LogP) is 6.71. The number of ether oxygens (including phenoxy) is 3. The molecule has 3 aliphatic rings. The van der Waals surface area contributed by atoms with Gasteiger partial charge in [-0.25, -0.2) is 14.7 Å². The van der Waals surface area contributed by atoms with E-state index in [2.05, 4.69) is 68.1 Å². The van der Waals surface area contributed by atoms with Gasteiger partial charge in [0, 0.05) is 67.0 Å². The molecular weight excluding hydrogens is 669 g/mol. The zero-order chi connectivity index (χ0) is 32.9. The first-order valence-corrected chi connectivity index (χ1v) is 18.1. The second-order valence-corrected chi connectivity index (χ2v) is 13.9. The number of benzene rings is 3. The van der Waals surface area contributed by atoms with Gasteiger partial charge in [0.25, 0.3) is 0 Å². The first kappa shape index (κ1) is 33.0. The second kappa shape index (κ2) is 15.0. The Morgan fingerprint density at radius 2 is 1.69 bits per heavy atom. The third-order valence-electron chi connectivity index (χ3n) is 8.85. The zero-order valence-electron chi connectivity index (χ0n) is 26.9. The second-order valence-electron chi connectivity index (χ2n) is 12.0. The molecule has 3 aliphatic heterocycles. The topological polar surface area (TPSA) is 80.5 Å². The predicted molar refractivity (Wildman–Crippen MR) is 193 cm³/mol. The first-order valence-electron chi connectivity index (χ1n) is 16.4. The van der Waals surface area contributed by atoms with Crippen molar-refractivity contribution < 1.29 is 14.2 Å². The van der Waals surface area contributed by atoms with E-state index in [0.29, 0.717) is 28.8 Å². The van der Waals surface area contributed by atoms with Crippen molar-refractivity contribution in [2.75, 3.05) is 68.0 Å². The third kappa shape index (κ3) is 7.55. The van der Waals surface area contributed by atoms with Gasteiger partial charge < -0.3 is 28.9 Å². The Morgan fingerprint density at radius 3 is 2.35 bits per heavy atom. The Balaban J connectivity index is 0.915. The Morgan fingerprint density at radius 1 is 0.958 bits per heavy atom. The molecule has 3 aromatic carbocycles. The molecule has 2 atom stereocenters. The summed E-state index contributed by atoms with van der Waals surface area (Å²) in [5, 5.41) is 6.38. The van der Waals surface area contributed by atoms with E-state index in [1.807, 2.05) is 30.0 Å². The number of nitrogens with zero attached hydrogens (tertiary/aromatic N) is 7. The van der Waals surface area contributed by atoms with Crippen LogP contribution in [-0.4, -0.2) is 89.2 Å². The Kier molecular flexibility index (Phi) is 10.3. The molecule has 4 heterocycles. The number of aliphatic imine (C=N–C) groups is 1. The molecule has 0 radical (unpaired) electrons. The normalized spacial score (nSPS) is 22.4. The number of piperazine rings is 1. The molecule has 0 bridgehead atoms. The third-order valence-corrected chi connectivity index (χ3v) is 10.5. The lowest BCUT2D eigenvalue weighted by Crippen LogP contribution is -2.46. The molecule has 0 saturated carbocycles. The highest BCUT2D eigenvalue weighted by Crippen LogP contribution is 2.40. The number of rotatable bonds is 10. The Hall–Kier alpha value is -3.48. The fourth-order valence-corrected chi connectivity index (χ4v) is 7.88. The summed E-state index contributed by atoms with van der Waals surface area (Å²) in [5.74, 6) is 0.778. The molecule has 48 heavy (non-hydrogen) atoms. The average molecular weight is 709 g/mol. The minimum Gasteiger partial charge on any atom is -0.491 e. The minimum absolute atomic E-state index is 0.282. The monoisotopic (exact) mass is 707 g/mol. The largest absolute Gasteiger partial charge is 0.491 e. The SMILES string of the molecule is CCN1CCCS/C1=N\c1ccc(N2CCN(c3ccc(OCC4COC(Cn5cncn5)(c5ccc(Cl)cc5Cl)O4)cc3)CC2)cc1. The van der Waals surface area contributed by atoms with Crippen molar-refractivity contribution in [2.24, 2.45) is 4.99 Å². The maximum atomic E-state index is 6.59. The molecule has 3 saturated heterocycles. The van der Waals surface area contributed by atoms with E-state index < -0.39 is 5.79 Å². The van der Waals surface area contributed by atoms with Crippen molar-refractivity contribution >= 4 is 57.2 Å². The summed E-state index contributed by atoms with van der Waals surface area (Å²) >= 11 is 14.6. The molecule has 4 aromatic rings. The van der Waals surface area contributed by atoms with Gasteiger partial charge >= 0.3 is 0 Å². The van der Waals surface area contributed by atoms with Crippen molar-refractivity contribution in [3.63, 3.8) is 0 Å². The number of halogens is 2. The molecule has 3 fully saturated rings. The Labute approximate surface area is 295 Å². The van der Waals surface area contributed by atoms with Crippen LogP contribution in [0.4, 0.5) is 17.1 Å². The smallest absolute Gasteiger partial charge is 0.217 e. The van der Waals surface area contributed by atoms with Gasteiger partial charge in [-0.15, -0.1) is 0 Å². The molecule has 2 unspecified atom stereocenters. The lowest BCUT2D eigenvalue weighted by molar-refractivity contribution is -0.190. The van der Waals surface area contributed by atoms with Crippen LogP contribution >= 0.6 is 35.0 Å². The fraction of sp³-hybridized carbons (Fsp3) is 0.400. The van der Waals surface area contributed by atoms with Crippen LogP contribution in [0.2, 0.25) is 10.0 Å². The first-order chi connectivity index (χ1) is 23.5. The standard InChI is InChI=1S/C35H39Cl2N7O3S/c1-2-41-14-3-19-48-34(41)40-27-5-7-28(8-6-27)42-15-17-43(18-16-42)29-9-11-30(12-10-29)45-21-31-22-46-35(47-31,23-44-25-38-24-39-44)32-13-4-26(36)20-33(32)37/h4-13,20,24-25,31H,2-3,14-19,21-23H2,1H3/b40-34-. The summed E-state index contributed by atoms with van der Waals surface area (Å²) in [6.45, 7) is 9.04. The van der Waals surface area contributed by atoms with Crippen LogP contribution in [0.5, 0.6) is 5.75 Å². The number of anilines is 2. The van der Waals surface area contributed by atoms with Crippen LogP contribution in [-0.2, 0) is 21.8 Å². The highest BCUT2D eigenvalue weighted by Gasteiger charge is 2.45. The van der Waals surface area contributed by atoms with E-state index in [0.717, 1.165) is 61.6 Å². The van der Waals surface area contributed by atoms with Crippen LogP contribution in [0.1, 0.15) is 18.9 Å². The summed E-state index contributed by atoms with van der Waals surface area (Å²) in [6, 6.07) is 22.2. The fourth-order valence-electron chi connectivity index (χ4n) is 6.30. The van der Waals surface area contributed by atoms with Gasteiger partial charge in [0.05, 0.1) is 17.3 Å². The van der Waals surface area contributed by atoms with Gasteiger partial charge in [-0.05, 0) is 74.0 Å². The van der Waals surface area contributed by atoms with E-state index in [1.165, 1.54) is 24.1 Å². The number of aromatic nitrogens is 3. The quantitative estimate of drug-likeness (QED) is 0.179. The number of hydrogen-bond acceptors (Lipinski definition) is 9. The molecular formula is C35H39Cl2N7O3S. The van der Waals surface area contributed by atoms with Crippen molar-refractivity contribution in [3.05, 3.63) is 95.0 Å². The summed E-state index contributed by atoms with van der Waals surface area (Å²) in [5.41, 5.74) is 4.13. The van der Waals surface area contributed by atoms with Crippen LogP contribution < -0.4 is 14.5 Å². The summed E-state index contributed by atoms with van der Waals surface area (Å²) in [4.78, 5) is 16.2. The Bertz CT molecular complexity index is 1690. The number of thioether (sulfide) groups is 1. The van der Waals surface area contributed by atoms with Crippen molar-refractivity contribution in [1.82, 2.24) is 19.7 Å². The number of amidine groups is 1. The van der Waals surface area contributed by atoms with E-state index >= 15 is 0 Å². The van der Waals surface area contributed by atoms with Gasteiger partial charge in [-0.1, -0.05) is 41.0 Å². The van der Waals surface area contributed by atoms with E-state index in [-0.39, 0.29) is 12.6 Å². The molecule has 0 aliphatic carbocycles. The van der Waals surface area contributed by atoms with Crippen LogP contribution in [0.3, 0.4) is 0 Å². The number of hydrogen-bond donors (Lipinski definition) is 0. The van der Waals surface area contributed by atoms with E-state index in [1.54, 1.807) is 23.1 Å². The molecule has 0 amide bonds. The molecule has 7 rings (SSSR count).